The number of benzene rings is 2. The molecule has 5 heteroatoms. The van der Waals surface area contributed by atoms with Crippen molar-refractivity contribution in [2.24, 2.45) is 0 Å². The van der Waals surface area contributed by atoms with Crippen LogP contribution in [0.3, 0.4) is 0 Å². The third-order valence-electron chi connectivity index (χ3n) is 3.83. The molecule has 2 aromatic rings. The summed E-state index contributed by atoms with van der Waals surface area (Å²) in [4.78, 5) is 13.2. The average Bonchev–Trinajstić information content (AvgIpc) is 2.61. The van der Waals surface area contributed by atoms with Crippen LogP contribution in [0, 0.1) is 0 Å². The number of carbonyl (C=O) groups excluding carboxylic acids is 1. The molecule has 0 saturated carbocycles. The predicted octanol–water partition coefficient (Wildman–Crippen LogP) is -0.240. The fourth-order valence-electron chi connectivity index (χ4n) is 2.68. The van der Waals surface area contributed by atoms with Crippen molar-refractivity contribution in [2.45, 2.75) is 12.1 Å². The average molecular weight is 329 g/mol. The van der Waals surface area contributed by atoms with Crippen molar-refractivity contribution < 1.29 is 19.9 Å². The second-order valence-corrected chi connectivity index (χ2v) is 6.00. The minimum Gasteiger partial charge on any atom is -0.393 e. The monoisotopic (exact) mass is 329 g/mol. The first-order valence-electron chi connectivity index (χ1n) is 8.09. The Labute approximate surface area is 142 Å². The summed E-state index contributed by atoms with van der Waals surface area (Å²) in [7, 11) is 1.82. The van der Waals surface area contributed by atoms with Gasteiger partial charge in [0.25, 0.3) is 5.91 Å². The summed E-state index contributed by atoms with van der Waals surface area (Å²) >= 11 is 0. The molecule has 2 aromatic carbocycles. The number of quaternary nitrogens is 1. The molecule has 2 unspecified atom stereocenters. The maximum atomic E-state index is 12.4. The van der Waals surface area contributed by atoms with Crippen molar-refractivity contribution in [1.82, 2.24) is 5.32 Å². The highest BCUT2D eigenvalue weighted by atomic mass is 16.3. The van der Waals surface area contributed by atoms with Crippen molar-refractivity contribution in [3.05, 3.63) is 71.8 Å². The lowest BCUT2D eigenvalue weighted by molar-refractivity contribution is -0.874. The third-order valence-corrected chi connectivity index (χ3v) is 3.83. The highest BCUT2D eigenvalue weighted by Gasteiger charge is 2.19. The Bertz CT molecular complexity index is 580. The Kier molecular flexibility index (Phi) is 6.93. The summed E-state index contributed by atoms with van der Waals surface area (Å²) in [6.07, 6.45) is -0.808. The van der Waals surface area contributed by atoms with Crippen molar-refractivity contribution in [1.29, 1.82) is 0 Å². The molecule has 0 aliphatic heterocycles. The molecular weight excluding hydrogens is 304 g/mol. The molecule has 0 saturated heterocycles. The van der Waals surface area contributed by atoms with E-state index in [1.165, 1.54) is 0 Å². The van der Waals surface area contributed by atoms with Crippen molar-refractivity contribution in [2.75, 3.05) is 26.7 Å². The minimum absolute atomic E-state index is 0.102. The number of aliphatic hydroxyl groups excluding tert-OH is 2. The molecule has 2 rings (SSSR count). The van der Waals surface area contributed by atoms with E-state index in [9.17, 15) is 9.90 Å². The molecule has 24 heavy (non-hydrogen) atoms. The van der Waals surface area contributed by atoms with E-state index in [0.717, 1.165) is 16.0 Å². The van der Waals surface area contributed by atoms with Crippen LogP contribution in [0.4, 0.5) is 0 Å². The lowest BCUT2D eigenvalue weighted by Gasteiger charge is -2.22. The normalized spacial score (nSPS) is 13.5. The molecular formula is C19H25N2O3+. The zero-order valence-corrected chi connectivity index (χ0v) is 13.9. The van der Waals surface area contributed by atoms with Crippen LogP contribution < -0.4 is 10.2 Å². The van der Waals surface area contributed by atoms with Crippen LogP contribution >= 0.6 is 0 Å². The van der Waals surface area contributed by atoms with Gasteiger partial charge in [-0.15, -0.1) is 0 Å². The molecule has 0 aliphatic rings. The highest BCUT2D eigenvalue weighted by molar-refractivity contribution is 5.77. The third kappa shape index (κ3) is 5.45. The van der Waals surface area contributed by atoms with Crippen molar-refractivity contribution in [3.8, 4) is 0 Å². The van der Waals surface area contributed by atoms with E-state index in [1.807, 2.05) is 67.7 Å². The van der Waals surface area contributed by atoms with Crippen LogP contribution in [0.25, 0.3) is 0 Å². The van der Waals surface area contributed by atoms with Crippen LogP contribution in [0.2, 0.25) is 0 Å². The van der Waals surface area contributed by atoms with Crippen LogP contribution in [0.5, 0.6) is 0 Å². The standard InChI is InChI=1S/C19H24N2O3/c1-21(12-17(23)14-22)13-18(24)20-19(15-8-4-2-5-9-15)16-10-6-3-7-11-16/h2-11,17,19,22-23H,12-14H2,1H3,(H,20,24)/p+1. The summed E-state index contributed by atoms with van der Waals surface area (Å²) in [6.45, 7) is 0.258. The van der Waals surface area contributed by atoms with E-state index in [2.05, 4.69) is 5.32 Å². The number of rotatable bonds is 8. The van der Waals surface area contributed by atoms with E-state index in [0.29, 0.717) is 6.54 Å². The first-order valence-corrected chi connectivity index (χ1v) is 8.09. The second kappa shape index (κ2) is 9.17. The van der Waals surface area contributed by atoms with Gasteiger partial charge < -0.3 is 20.4 Å². The van der Waals surface area contributed by atoms with Crippen LogP contribution in [0.15, 0.2) is 60.7 Å². The summed E-state index contributed by atoms with van der Waals surface area (Å²) in [5.41, 5.74) is 2.04. The number of likely N-dealkylation sites (N-methyl/N-ethyl adjacent to an activating group) is 1. The molecule has 0 fully saturated rings. The number of nitrogens with one attached hydrogen (secondary N) is 2. The number of hydrogen-bond donors (Lipinski definition) is 4. The van der Waals surface area contributed by atoms with Gasteiger partial charge in [-0.05, 0) is 11.1 Å². The molecule has 0 spiro atoms. The molecule has 0 aromatic heterocycles. The first-order chi connectivity index (χ1) is 11.6. The van der Waals surface area contributed by atoms with Gasteiger partial charge in [-0.25, -0.2) is 0 Å². The smallest absolute Gasteiger partial charge is 0.275 e. The van der Waals surface area contributed by atoms with Crippen LogP contribution in [-0.2, 0) is 4.79 Å². The largest absolute Gasteiger partial charge is 0.393 e. The summed E-state index contributed by atoms with van der Waals surface area (Å²) in [6, 6.07) is 19.4. The van der Waals surface area contributed by atoms with Gasteiger partial charge >= 0.3 is 0 Å². The molecule has 1 amide bonds. The quantitative estimate of drug-likeness (QED) is 0.540. The summed E-state index contributed by atoms with van der Waals surface area (Å²) in [5.74, 6) is -0.102. The maximum absolute atomic E-state index is 12.4. The van der Waals surface area contributed by atoms with E-state index in [1.54, 1.807) is 0 Å². The van der Waals surface area contributed by atoms with E-state index < -0.39 is 6.10 Å². The Balaban J connectivity index is 2.07. The van der Waals surface area contributed by atoms with Gasteiger partial charge in [0.05, 0.1) is 19.7 Å². The van der Waals surface area contributed by atoms with E-state index >= 15 is 0 Å². The molecule has 2 atom stereocenters. The lowest BCUT2D eigenvalue weighted by atomic mass is 9.99. The topological polar surface area (TPSA) is 74.0 Å². The Hall–Kier alpha value is -2.21. The number of aliphatic hydroxyl groups is 2. The van der Waals surface area contributed by atoms with Gasteiger partial charge in [0.2, 0.25) is 0 Å². The minimum atomic E-state index is -0.808. The Morgan fingerprint density at radius 3 is 2.00 bits per heavy atom. The molecule has 0 bridgehead atoms. The molecule has 0 heterocycles. The molecule has 128 valence electrons. The predicted molar refractivity (Wildman–Crippen MR) is 92.6 cm³/mol. The summed E-state index contributed by atoms with van der Waals surface area (Å²) in [5, 5.41) is 21.4. The summed E-state index contributed by atoms with van der Waals surface area (Å²) < 4.78 is 0. The number of carbonyl (C=O) groups is 1. The zero-order chi connectivity index (χ0) is 17.4. The van der Waals surface area contributed by atoms with E-state index in [-0.39, 0.29) is 25.1 Å². The fraction of sp³-hybridized carbons (Fsp3) is 0.316. The molecule has 0 radical (unpaired) electrons. The van der Waals surface area contributed by atoms with Crippen molar-refractivity contribution in [3.63, 3.8) is 0 Å². The first kappa shape index (κ1) is 18.1. The maximum Gasteiger partial charge on any atom is 0.275 e. The van der Waals surface area contributed by atoms with E-state index in [4.69, 9.17) is 5.11 Å². The van der Waals surface area contributed by atoms with Crippen LogP contribution in [0.1, 0.15) is 17.2 Å². The lowest BCUT2D eigenvalue weighted by Crippen LogP contribution is -3.11. The number of amides is 1. The SMILES string of the molecule is C[NH+](CC(=O)NC(c1ccccc1)c1ccccc1)CC(O)CO. The second-order valence-electron chi connectivity index (χ2n) is 6.00. The van der Waals surface area contributed by atoms with Gasteiger partial charge in [0.1, 0.15) is 12.6 Å². The van der Waals surface area contributed by atoms with Crippen molar-refractivity contribution >= 4 is 5.91 Å². The molecule has 4 N–H and O–H groups in total. The Morgan fingerprint density at radius 2 is 1.54 bits per heavy atom. The van der Waals surface area contributed by atoms with Crippen LogP contribution in [-0.4, -0.2) is 49.0 Å². The molecule has 0 aliphatic carbocycles. The van der Waals surface area contributed by atoms with Gasteiger partial charge in [-0.3, -0.25) is 4.79 Å². The highest BCUT2D eigenvalue weighted by Crippen LogP contribution is 2.21. The zero-order valence-electron chi connectivity index (χ0n) is 13.9. The van der Waals surface area contributed by atoms with Gasteiger partial charge in [-0.2, -0.15) is 0 Å². The Morgan fingerprint density at radius 1 is 1.04 bits per heavy atom. The molecule has 5 nitrogen and oxygen atoms in total. The van der Waals surface area contributed by atoms with Gasteiger partial charge in [-0.1, -0.05) is 60.7 Å². The number of hydrogen-bond acceptors (Lipinski definition) is 3. The van der Waals surface area contributed by atoms with Gasteiger partial charge in [0.15, 0.2) is 6.54 Å². The fourth-order valence-corrected chi connectivity index (χ4v) is 2.68. The van der Waals surface area contributed by atoms with Gasteiger partial charge in [0, 0.05) is 0 Å².